The molecule has 0 radical (unpaired) electrons. The van der Waals surface area contributed by atoms with E-state index in [0.29, 0.717) is 19.8 Å². The van der Waals surface area contributed by atoms with Crippen LogP contribution in [-0.4, -0.2) is 32.3 Å². The zero-order valence-electron chi connectivity index (χ0n) is 11.4. The van der Waals surface area contributed by atoms with Crippen LogP contribution in [0.3, 0.4) is 0 Å². The van der Waals surface area contributed by atoms with E-state index in [1.165, 1.54) is 0 Å². The SMILES string of the molecule is CCOC(=O)CCOc1ccc(NCCCN)cc1. The van der Waals surface area contributed by atoms with E-state index < -0.39 is 0 Å². The van der Waals surface area contributed by atoms with Gasteiger partial charge in [-0.1, -0.05) is 0 Å². The lowest BCUT2D eigenvalue weighted by atomic mass is 10.3. The van der Waals surface area contributed by atoms with E-state index in [9.17, 15) is 4.79 Å². The van der Waals surface area contributed by atoms with Crippen LogP contribution in [0, 0.1) is 0 Å². The van der Waals surface area contributed by atoms with Crippen molar-refractivity contribution in [2.75, 3.05) is 31.6 Å². The summed E-state index contributed by atoms with van der Waals surface area (Å²) in [7, 11) is 0. The molecule has 0 saturated carbocycles. The summed E-state index contributed by atoms with van der Waals surface area (Å²) in [6.07, 6.45) is 1.21. The third-order valence-electron chi connectivity index (χ3n) is 2.44. The number of carbonyl (C=O) groups is 1. The van der Waals surface area contributed by atoms with Crippen molar-refractivity contribution in [1.82, 2.24) is 0 Å². The lowest BCUT2D eigenvalue weighted by Crippen LogP contribution is -2.10. The molecular weight excluding hydrogens is 244 g/mol. The van der Waals surface area contributed by atoms with Gasteiger partial charge in [-0.15, -0.1) is 0 Å². The van der Waals surface area contributed by atoms with Crippen molar-refractivity contribution in [3.8, 4) is 5.75 Å². The highest BCUT2D eigenvalue weighted by atomic mass is 16.5. The largest absolute Gasteiger partial charge is 0.493 e. The molecule has 5 heteroatoms. The van der Waals surface area contributed by atoms with E-state index in [1.54, 1.807) is 6.92 Å². The summed E-state index contributed by atoms with van der Waals surface area (Å²) in [6, 6.07) is 7.62. The van der Waals surface area contributed by atoms with Crippen LogP contribution in [-0.2, 0) is 9.53 Å². The van der Waals surface area contributed by atoms with Gasteiger partial charge < -0.3 is 20.5 Å². The van der Waals surface area contributed by atoms with Gasteiger partial charge in [0, 0.05) is 12.2 Å². The van der Waals surface area contributed by atoms with Crippen molar-refractivity contribution in [3.63, 3.8) is 0 Å². The second-order valence-electron chi connectivity index (χ2n) is 4.00. The number of hydrogen-bond acceptors (Lipinski definition) is 5. The average Bonchev–Trinajstić information content (AvgIpc) is 2.41. The number of rotatable bonds is 9. The van der Waals surface area contributed by atoms with Gasteiger partial charge >= 0.3 is 5.97 Å². The Morgan fingerprint density at radius 2 is 2.05 bits per heavy atom. The first-order valence-electron chi connectivity index (χ1n) is 6.58. The molecule has 1 aromatic carbocycles. The standard InChI is InChI=1S/C14H22N2O3/c1-2-18-14(17)8-11-19-13-6-4-12(5-7-13)16-10-3-9-15/h4-7,16H,2-3,8-11,15H2,1H3. The summed E-state index contributed by atoms with van der Waals surface area (Å²) in [5, 5.41) is 3.25. The minimum Gasteiger partial charge on any atom is -0.493 e. The number of nitrogens with one attached hydrogen (secondary N) is 1. The average molecular weight is 266 g/mol. The molecule has 3 N–H and O–H groups in total. The molecule has 1 aromatic rings. The summed E-state index contributed by atoms with van der Waals surface area (Å²) in [5.74, 6) is 0.510. The predicted octanol–water partition coefficient (Wildman–Crippen LogP) is 1.78. The fraction of sp³-hybridized carbons (Fsp3) is 0.500. The molecule has 0 atom stereocenters. The van der Waals surface area contributed by atoms with Gasteiger partial charge in [0.15, 0.2) is 0 Å². The maximum atomic E-state index is 11.1. The first kappa shape index (κ1) is 15.3. The Morgan fingerprint density at radius 3 is 2.68 bits per heavy atom. The van der Waals surface area contributed by atoms with Crippen molar-refractivity contribution in [2.24, 2.45) is 5.73 Å². The number of benzene rings is 1. The Hall–Kier alpha value is -1.75. The Kier molecular flexibility index (Phi) is 7.43. The quantitative estimate of drug-likeness (QED) is 0.526. The second kappa shape index (κ2) is 9.22. The third-order valence-corrected chi connectivity index (χ3v) is 2.44. The van der Waals surface area contributed by atoms with E-state index in [-0.39, 0.29) is 12.4 Å². The number of carbonyl (C=O) groups excluding carboxylic acids is 1. The fourth-order valence-electron chi connectivity index (χ4n) is 1.49. The number of anilines is 1. The van der Waals surface area contributed by atoms with Crippen LogP contribution in [0.15, 0.2) is 24.3 Å². The molecule has 0 aliphatic carbocycles. The third kappa shape index (κ3) is 6.67. The van der Waals surface area contributed by atoms with Crippen molar-refractivity contribution < 1.29 is 14.3 Å². The summed E-state index contributed by atoms with van der Waals surface area (Å²) < 4.78 is 10.3. The molecular formula is C14H22N2O3. The summed E-state index contributed by atoms with van der Waals surface area (Å²) in [6.45, 7) is 4.07. The van der Waals surface area contributed by atoms with E-state index in [4.69, 9.17) is 15.2 Å². The molecule has 0 bridgehead atoms. The van der Waals surface area contributed by atoms with E-state index >= 15 is 0 Å². The summed E-state index contributed by atoms with van der Waals surface area (Å²) >= 11 is 0. The number of nitrogens with two attached hydrogens (primary N) is 1. The monoisotopic (exact) mass is 266 g/mol. The molecule has 0 amide bonds. The van der Waals surface area contributed by atoms with E-state index in [0.717, 1.165) is 24.4 Å². The highest BCUT2D eigenvalue weighted by molar-refractivity contribution is 5.69. The summed E-state index contributed by atoms with van der Waals surface area (Å²) in [4.78, 5) is 11.1. The molecule has 19 heavy (non-hydrogen) atoms. The van der Waals surface area contributed by atoms with Gasteiger partial charge in [0.25, 0.3) is 0 Å². The van der Waals surface area contributed by atoms with Crippen LogP contribution in [0.5, 0.6) is 5.75 Å². The lowest BCUT2D eigenvalue weighted by Gasteiger charge is -2.08. The molecule has 5 nitrogen and oxygen atoms in total. The molecule has 0 aromatic heterocycles. The fourth-order valence-corrected chi connectivity index (χ4v) is 1.49. The Labute approximate surface area is 114 Å². The van der Waals surface area contributed by atoms with E-state index in [2.05, 4.69) is 5.32 Å². The number of ether oxygens (including phenoxy) is 2. The van der Waals surface area contributed by atoms with Crippen LogP contribution >= 0.6 is 0 Å². The van der Waals surface area contributed by atoms with Crippen molar-refractivity contribution in [3.05, 3.63) is 24.3 Å². The molecule has 0 unspecified atom stereocenters. The molecule has 0 heterocycles. The van der Waals surface area contributed by atoms with E-state index in [1.807, 2.05) is 24.3 Å². The Balaban J connectivity index is 2.26. The van der Waals surface area contributed by atoms with Gasteiger partial charge in [-0.3, -0.25) is 4.79 Å². The molecule has 0 saturated heterocycles. The van der Waals surface area contributed by atoms with Gasteiger partial charge in [0.2, 0.25) is 0 Å². The maximum absolute atomic E-state index is 11.1. The molecule has 1 rings (SSSR count). The van der Waals surface area contributed by atoms with Gasteiger partial charge in [0.05, 0.1) is 19.6 Å². The smallest absolute Gasteiger partial charge is 0.309 e. The van der Waals surface area contributed by atoms with Crippen molar-refractivity contribution >= 4 is 11.7 Å². The van der Waals surface area contributed by atoms with Gasteiger partial charge in [-0.25, -0.2) is 0 Å². The van der Waals surface area contributed by atoms with Crippen LogP contribution in [0.25, 0.3) is 0 Å². The predicted molar refractivity (Wildman–Crippen MR) is 75.3 cm³/mol. The van der Waals surface area contributed by atoms with Gasteiger partial charge in [-0.2, -0.15) is 0 Å². The molecule has 0 aliphatic heterocycles. The highest BCUT2D eigenvalue weighted by Gasteiger charge is 2.02. The van der Waals surface area contributed by atoms with Crippen molar-refractivity contribution in [2.45, 2.75) is 19.8 Å². The zero-order valence-corrected chi connectivity index (χ0v) is 11.4. The minimum atomic E-state index is -0.234. The molecule has 106 valence electrons. The van der Waals surface area contributed by atoms with Crippen LogP contribution < -0.4 is 15.8 Å². The lowest BCUT2D eigenvalue weighted by molar-refractivity contribution is -0.143. The molecule has 0 fully saturated rings. The van der Waals surface area contributed by atoms with Crippen LogP contribution in [0.2, 0.25) is 0 Å². The second-order valence-corrected chi connectivity index (χ2v) is 4.00. The van der Waals surface area contributed by atoms with Gasteiger partial charge in [-0.05, 0) is 44.2 Å². The first-order valence-corrected chi connectivity index (χ1v) is 6.58. The highest BCUT2D eigenvalue weighted by Crippen LogP contribution is 2.15. The molecule has 0 aliphatic rings. The number of esters is 1. The Bertz CT molecular complexity index is 365. The van der Waals surface area contributed by atoms with Crippen LogP contribution in [0.1, 0.15) is 19.8 Å². The number of hydrogen-bond donors (Lipinski definition) is 2. The normalized spacial score (nSPS) is 10.0. The Morgan fingerprint density at radius 1 is 1.32 bits per heavy atom. The first-order chi connectivity index (χ1) is 9.26. The van der Waals surface area contributed by atoms with Crippen molar-refractivity contribution in [1.29, 1.82) is 0 Å². The maximum Gasteiger partial charge on any atom is 0.309 e. The zero-order chi connectivity index (χ0) is 13.9. The summed E-state index contributed by atoms with van der Waals surface area (Å²) in [5.41, 5.74) is 6.45. The minimum absolute atomic E-state index is 0.234. The molecule has 0 spiro atoms. The van der Waals surface area contributed by atoms with Gasteiger partial charge in [0.1, 0.15) is 5.75 Å². The topological polar surface area (TPSA) is 73.6 Å². The van der Waals surface area contributed by atoms with Crippen LogP contribution in [0.4, 0.5) is 5.69 Å².